The minimum atomic E-state index is -0.173. The van der Waals surface area contributed by atoms with Crippen molar-refractivity contribution in [2.75, 3.05) is 7.05 Å². The number of pyridine rings is 1. The molecule has 0 aliphatic carbocycles. The average Bonchev–Trinajstić information content (AvgIpc) is 2.55. The van der Waals surface area contributed by atoms with Crippen LogP contribution in [0.2, 0.25) is 0 Å². The highest BCUT2D eigenvalue weighted by Crippen LogP contribution is 2.28. The summed E-state index contributed by atoms with van der Waals surface area (Å²) in [5.41, 5.74) is 2.32. The van der Waals surface area contributed by atoms with Gasteiger partial charge in [0.15, 0.2) is 0 Å². The zero-order valence-corrected chi connectivity index (χ0v) is 11.9. The summed E-state index contributed by atoms with van der Waals surface area (Å²) >= 11 is 0. The third kappa shape index (κ3) is 2.78. The second-order valence-corrected chi connectivity index (χ2v) is 5.08. The Morgan fingerprint density at radius 3 is 2.43 bits per heavy atom. The summed E-state index contributed by atoms with van der Waals surface area (Å²) in [4.78, 5) is 4.04. The number of hydrogen-bond donors (Lipinski definition) is 1. The van der Waals surface area contributed by atoms with Gasteiger partial charge in [-0.1, -0.05) is 30.3 Å². The Labute approximate surface area is 123 Å². The molecule has 0 amide bonds. The molecule has 1 heterocycles. The average molecular weight is 280 g/mol. The summed E-state index contributed by atoms with van der Waals surface area (Å²) < 4.78 is 13.9. The number of aromatic nitrogens is 1. The molecule has 0 aliphatic heterocycles. The Balaban J connectivity index is 2.03. The lowest BCUT2D eigenvalue weighted by molar-refractivity contribution is 0.592. The van der Waals surface area contributed by atoms with Crippen molar-refractivity contribution in [2.24, 2.45) is 0 Å². The highest BCUT2D eigenvalue weighted by Gasteiger charge is 2.14. The Morgan fingerprint density at radius 2 is 1.71 bits per heavy atom. The summed E-state index contributed by atoms with van der Waals surface area (Å²) in [6.07, 6.45) is 4.43. The number of halogens is 1. The first-order valence-corrected chi connectivity index (χ1v) is 7.03. The standard InChI is InChI=1S/C18H17FN2/c1-20-18(12-13-8-10-21-11-9-13)16-6-7-17(19)15-5-3-2-4-14(15)16/h2-11,18,20H,12H2,1H3. The molecular weight excluding hydrogens is 263 g/mol. The molecule has 0 spiro atoms. The number of hydrogen-bond acceptors (Lipinski definition) is 2. The molecule has 3 aromatic rings. The fraction of sp³-hybridized carbons (Fsp3) is 0.167. The van der Waals surface area contributed by atoms with Crippen LogP contribution >= 0.6 is 0 Å². The Bertz CT molecular complexity index is 741. The lowest BCUT2D eigenvalue weighted by atomic mass is 9.94. The summed E-state index contributed by atoms with van der Waals surface area (Å²) in [5, 5.41) is 4.97. The van der Waals surface area contributed by atoms with Gasteiger partial charge >= 0.3 is 0 Å². The van der Waals surface area contributed by atoms with Gasteiger partial charge in [0.2, 0.25) is 0 Å². The largest absolute Gasteiger partial charge is 0.313 e. The number of fused-ring (bicyclic) bond motifs is 1. The molecule has 0 bridgehead atoms. The van der Waals surface area contributed by atoms with Crippen LogP contribution in [0.1, 0.15) is 17.2 Å². The maximum atomic E-state index is 13.9. The maximum absolute atomic E-state index is 13.9. The van der Waals surface area contributed by atoms with Crippen LogP contribution < -0.4 is 5.32 Å². The van der Waals surface area contributed by atoms with Crippen LogP contribution in [0.4, 0.5) is 4.39 Å². The molecule has 21 heavy (non-hydrogen) atoms. The number of benzene rings is 2. The summed E-state index contributed by atoms with van der Waals surface area (Å²) in [6, 6.07) is 15.2. The van der Waals surface area contributed by atoms with Crippen LogP contribution in [0, 0.1) is 5.82 Å². The molecular formula is C18H17FN2. The van der Waals surface area contributed by atoms with Gasteiger partial charge in [-0.05, 0) is 48.2 Å². The highest BCUT2D eigenvalue weighted by molar-refractivity contribution is 5.86. The summed E-state index contributed by atoms with van der Waals surface area (Å²) in [7, 11) is 1.93. The molecule has 2 aromatic carbocycles. The molecule has 2 nitrogen and oxygen atoms in total. The highest BCUT2D eigenvalue weighted by atomic mass is 19.1. The Morgan fingerprint density at radius 1 is 1.00 bits per heavy atom. The monoisotopic (exact) mass is 280 g/mol. The molecule has 0 saturated carbocycles. The lowest BCUT2D eigenvalue weighted by Crippen LogP contribution is -2.19. The molecule has 3 heteroatoms. The van der Waals surface area contributed by atoms with Crippen molar-refractivity contribution in [2.45, 2.75) is 12.5 Å². The van der Waals surface area contributed by atoms with Crippen LogP contribution in [0.15, 0.2) is 60.9 Å². The molecule has 1 aromatic heterocycles. The van der Waals surface area contributed by atoms with Gasteiger partial charge < -0.3 is 5.32 Å². The van der Waals surface area contributed by atoms with E-state index in [0.717, 1.165) is 17.4 Å². The van der Waals surface area contributed by atoms with Crippen LogP contribution in [-0.2, 0) is 6.42 Å². The third-order valence-electron chi connectivity index (χ3n) is 3.82. The predicted octanol–water partition coefficient (Wildman–Crippen LogP) is 3.88. The zero-order chi connectivity index (χ0) is 14.7. The van der Waals surface area contributed by atoms with E-state index < -0.39 is 0 Å². The van der Waals surface area contributed by atoms with Crippen molar-refractivity contribution in [3.63, 3.8) is 0 Å². The van der Waals surface area contributed by atoms with Gasteiger partial charge in [-0.2, -0.15) is 0 Å². The first-order valence-electron chi connectivity index (χ1n) is 7.03. The molecule has 106 valence electrons. The Kier molecular flexibility index (Phi) is 3.93. The predicted molar refractivity (Wildman–Crippen MR) is 83.6 cm³/mol. The fourth-order valence-electron chi connectivity index (χ4n) is 2.71. The van der Waals surface area contributed by atoms with Crippen LogP contribution in [0.25, 0.3) is 10.8 Å². The van der Waals surface area contributed by atoms with Crippen molar-refractivity contribution in [1.29, 1.82) is 0 Å². The fourth-order valence-corrected chi connectivity index (χ4v) is 2.71. The first kappa shape index (κ1) is 13.7. The van der Waals surface area contributed by atoms with Gasteiger partial charge in [0.25, 0.3) is 0 Å². The van der Waals surface area contributed by atoms with Crippen molar-refractivity contribution < 1.29 is 4.39 Å². The van der Waals surface area contributed by atoms with Gasteiger partial charge in [0.1, 0.15) is 5.82 Å². The van der Waals surface area contributed by atoms with E-state index in [9.17, 15) is 4.39 Å². The quantitative estimate of drug-likeness (QED) is 0.784. The molecule has 1 N–H and O–H groups in total. The molecule has 0 fully saturated rings. The van der Waals surface area contributed by atoms with Crippen molar-refractivity contribution in [3.8, 4) is 0 Å². The normalized spacial score (nSPS) is 12.5. The number of rotatable bonds is 4. The van der Waals surface area contributed by atoms with Crippen molar-refractivity contribution in [1.82, 2.24) is 10.3 Å². The van der Waals surface area contributed by atoms with Crippen LogP contribution in [0.3, 0.4) is 0 Å². The topological polar surface area (TPSA) is 24.9 Å². The van der Waals surface area contributed by atoms with E-state index in [-0.39, 0.29) is 11.9 Å². The smallest absolute Gasteiger partial charge is 0.131 e. The minimum Gasteiger partial charge on any atom is -0.313 e. The van der Waals surface area contributed by atoms with Crippen LogP contribution in [-0.4, -0.2) is 12.0 Å². The SMILES string of the molecule is CNC(Cc1ccncc1)c1ccc(F)c2ccccc12. The van der Waals surface area contributed by atoms with Gasteiger partial charge in [-0.15, -0.1) is 0 Å². The second kappa shape index (κ2) is 6.02. The van der Waals surface area contributed by atoms with E-state index in [0.29, 0.717) is 5.39 Å². The Hall–Kier alpha value is -2.26. The van der Waals surface area contributed by atoms with Gasteiger partial charge in [0, 0.05) is 23.8 Å². The van der Waals surface area contributed by atoms with Gasteiger partial charge in [-0.3, -0.25) is 4.98 Å². The van der Waals surface area contributed by atoms with E-state index in [1.807, 2.05) is 49.5 Å². The maximum Gasteiger partial charge on any atom is 0.131 e. The molecule has 1 unspecified atom stereocenters. The molecule has 3 rings (SSSR count). The second-order valence-electron chi connectivity index (χ2n) is 5.08. The number of nitrogens with one attached hydrogen (secondary N) is 1. The number of likely N-dealkylation sites (N-methyl/N-ethyl adjacent to an activating group) is 1. The van der Waals surface area contributed by atoms with Gasteiger partial charge in [-0.25, -0.2) is 4.39 Å². The van der Waals surface area contributed by atoms with Crippen molar-refractivity contribution in [3.05, 3.63) is 77.9 Å². The van der Waals surface area contributed by atoms with Gasteiger partial charge in [0.05, 0.1) is 0 Å². The summed E-state index contributed by atoms with van der Waals surface area (Å²) in [5.74, 6) is -0.173. The third-order valence-corrected chi connectivity index (χ3v) is 3.82. The minimum absolute atomic E-state index is 0.137. The van der Waals surface area contributed by atoms with E-state index in [1.54, 1.807) is 18.5 Å². The zero-order valence-electron chi connectivity index (χ0n) is 11.9. The van der Waals surface area contributed by atoms with Crippen LogP contribution in [0.5, 0.6) is 0 Å². The van der Waals surface area contributed by atoms with E-state index in [1.165, 1.54) is 5.56 Å². The van der Waals surface area contributed by atoms with E-state index in [4.69, 9.17) is 0 Å². The van der Waals surface area contributed by atoms with E-state index >= 15 is 0 Å². The first-order chi connectivity index (χ1) is 10.3. The molecule has 0 saturated heterocycles. The molecule has 0 aliphatic rings. The molecule has 1 atom stereocenters. The molecule has 0 radical (unpaired) electrons. The lowest BCUT2D eigenvalue weighted by Gasteiger charge is -2.19. The summed E-state index contributed by atoms with van der Waals surface area (Å²) in [6.45, 7) is 0. The van der Waals surface area contributed by atoms with E-state index in [2.05, 4.69) is 10.3 Å². The number of nitrogens with zero attached hydrogens (tertiary/aromatic N) is 1. The van der Waals surface area contributed by atoms with Crippen molar-refractivity contribution >= 4 is 10.8 Å².